The SMILES string of the molecule is COC[C@H](O)Cn1cc(B2OC(C)(C)C(C)(C)O2)cn1. The van der Waals surface area contributed by atoms with E-state index < -0.39 is 13.2 Å². The van der Waals surface area contributed by atoms with Crippen LogP contribution in [0.2, 0.25) is 0 Å². The van der Waals surface area contributed by atoms with E-state index in [0.29, 0.717) is 6.54 Å². The van der Waals surface area contributed by atoms with Crippen molar-refractivity contribution >= 4 is 12.6 Å². The van der Waals surface area contributed by atoms with Gasteiger partial charge in [-0.05, 0) is 27.7 Å². The highest BCUT2D eigenvalue weighted by molar-refractivity contribution is 6.61. The number of aromatic nitrogens is 2. The fourth-order valence-electron chi connectivity index (χ4n) is 2.04. The number of nitrogens with zero attached hydrogens (tertiary/aromatic N) is 2. The van der Waals surface area contributed by atoms with Gasteiger partial charge in [0.05, 0.1) is 30.5 Å². The third kappa shape index (κ3) is 3.06. The van der Waals surface area contributed by atoms with Crippen molar-refractivity contribution in [3.05, 3.63) is 12.4 Å². The highest BCUT2D eigenvalue weighted by Crippen LogP contribution is 2.36. The molecule has 1 aromatic rings. The molecule has 0 spiro atoms. The lowest BCUT2D eigenvalue weighted by Gasteiger charge is -2.32. The van der Waals surface area contributed by atoms with Crippen molar-refractivity contribution in [2.45, 2.75) is 51.5 Å². The first-order chi connectivity index (χ1) is 9.25. The highest BCUT2D eigenvalue weighted by atomic mass is 16.7. The predicted octanol–water partition coefficient (Wildman–Crippen LogP) is 0.190. The van der Waals surface area contributed by atoms with Crippen LogP contribution >= 0.6 is 0 Å². The maximum absolute atomic E-state index is 9.70. The second-order valence-corrected chi connectivity index (χ2v) is 6.19. The van der Waals surface area contributed by atoms with E-state index in [1.807, 2.05) is 33.9 Å². The first-order valence-corrected chi connectivity index (χ1v) is 6.80. The molecule has 1 aromatic heterocycles. The van der Waals surface area contributed by atoms with Crippen LogP contribution in [0.4, 0.5) is 0 Å². The molecule has 0 aliphatic carbocycles. The molecule has 1 saturated heterocycles. The monoisotopic (exact) mass is 282 g/mol. The average molecular weight is 282 g/mol. The van der Waals surface area contributed by atoms with Gasteiger partial charge in [-0.1, -0.05) is 0 Å². The molecule has 0 radical (unpaired) electrons. The average Bonchev–Trinajstić information content (AvgIpc) is 2.83. The third-order valence-electron chi connectivity index (χ3n) is 3.94. The summed E-state index contributed by atoms with van der Waals surface area (Å²) >= 11 is 0. The number of methoxy groups -OCH3 is 1. The van der Waals surface area contributed by atoms with E-state index in [0.717, 1.165) is 5.46 Å². The van der Waals surface area contributed by atoms with Crippen molar-refractivity contribution in [2.75, 3.05) is 13.7 Å². The summed E-state index contributed by atoms with van der Waals surface area (Å²) in [6.45, 7) is 8.72. The van der Waals surface area contributed by atoms with E-state index in [1.165, 1.54) is 0 Å². The summed E-state index contributed by atoms with van der Waals surface area (Å²) in [5, 5.41) is 13.9. The summed E-state index contributed by atoms with van der Waals surface area (Å²) < 4.78 is 18.5. The van der Waals surface area contributed by atoms with Crippen LogP contribution in [-0.4, -0.2) is 53.0 Å². The standard InChI is InChI=1S/C13H23BN2O4/c1-12(2)13(3,4)20-14(19-12)10-6-15-16(7-10)8-11(17)9-18-5/h6-7,11,17H,8-9H2,1-5H3/t11-/m1/s1. The lowest BCUT2D eigenvalue weighted by atomic mass is 9.82. The predicted molar refractivity (Wildman–Crippen MR) is 75.8 cm³/mol. The van der Waals surface area contributed by atoms with E-state index in [-0.39, 0.29) is 17.8 Å². The Hall–Kier alpha value is -0.885. The largest absolute Gasteiger partial charge is 0.498 e. The van der Waals surface area contributed by atoms with Crippen molar-refractivity contribution < 1.29 is 19.2 Å². The number of hydrogen-bond acceptors (Lipinski definition) is 5. The molecule has 1 aliphatic rings. The molecule has 1 fully saturated rings. The normalized spacial score (nSPS) is 22.2. The first kappa shape index (κ1) is 15.5. The fraction of sp³-hybridized carbons (Fsp3) is 0.769. The van der Waals surface area contributed by atoms with Gasteiger partial charge >= 0.3 is 7.12 Å². The van der Waals surface area contributed by atoms with Gasteiger partial charge < -0.3 is 19.2 Å². The Morgan fingerprint density at radius 2 is 1.95 bits per heavy atom. The summed E-state index contributed by atoms with van der Waals surface area (Å²) in [5.41, 5.74) is 0.123. The smallest absolute Gasteiger partial charge is 0.399 e. The van der Waals surface area contributed by atoms with Crippen LogP contribution in [0.15, 0.2) is 12.4 Å². The molecule has 0 saturated carbocycles. The van der Waals surface area contributed by atoms with Gasteiger partial charge in [0.2, 0.25) is 0 Å². The molecule has 0 aromatic carbocycles. The molecule has 0 bridgehead atoms. The molecule has 0 amide bonds. The van der Waals surface area contributed by atoms with E-state index in [1.54, 1.807) is 18.0 Å². The quantitative estimate of drug-likeness (QED) is 0.781. The van der Waals surface area contributed by atoms with Crippen LogP contribution in [0.25, 0.3) is 0 Å². The second kappa shape index (κ2) is 5.48. The summed E-state index contributed by atoms with van der Waals surface area (Å²) in [7, 11) is 1.13. The van der Waals surface area contributed by atoms with Crippen LogP contribution in [0.3, 0.4) is 0 Å². The molecule has 2 heterocycles. The van der Waals surface area contributed by atoms with Crippen molar-refractivity contribution in [2.24, 2.45) is 0 Å². The second-order valence-electron chi connectivity index (χ2n) is 6.19. The molecule has 1 aliphatic heterocycles. The number of aliphatic hydroxyl groups is 1. The lowest BCUT2D eigenvalue weighted by Crippen LogP contribution is -2.41. The van der Waals surface area contributed by atoms with Crippen LogP contribution < -0.4 is 5.46 Å². The van der Waals surface area contributed by atoms with Crippen LogP contribution in [0.5, 0.6) is 0 Å². The minimum Gasteiger partial charge on any atom is -0.399 e. The summed E-state index contributed by atoms with van der Waals surface area (Å²) in [6.07, 6.45) is 2.97. The topological polar surface area (TPSA) is 65.7 Å². The summed E-state index contributed by atoms with van der Waals surface area (Å²) in [4.78, 5) is 0. The molecule has 1 N–H and O–H groups in total. The van der Waals surface area contributed by atoms with Gasteiger partial charge in [-0.2, -0.15) is 5.10 Å². The van der Waals surface area contributed by atoms with E-state index in [4.69, 9.17) is 14.0 Å². The van der Waals surface area contributed by atoms with Gasteiger partial charge in [-0.25, -0.2) is 0 Å². The first-order valence-electron chi connectivity index (χ1n) is 6.80. The van der Waals surface area contributed by atoms with Gasteiger partial charge in [-0.15, -0.1) is 0 Å². The van der Waals surface area contributed by atoms with Crippen molar-refractivity contribution in [1.29, 1.82) is 0 Å². The molecule has 112 valence electrons. The van der Waals surface area contributed by atoms with Crippen LogP contribution in [0.1, 0.15) is 27.7 Å². The van der Waals surface area contributed by atoms with Crippen LogP contribution in [-0.2, 0) is 20.6 Å². The Morgan fingerprint density at radius 1 is 1.35 bits per heavy atom. The van der Waals surface area contributed by atoms with Gasteiger partial charge in [0.15, 0.2) is 0 Å². The van der Waals surface area contributed by atoms with Gasteiger partial charge in [0, 0.05) is 25.0 Å². The number of hydrogen-bond donors (Lipinski definition) is 1. The van der Waals surface area contributed by atoms with Gasteiger partial charge in [-0.3, -0.25) is 4.68 Å². The molecular weight excluding hydrogens is 259 g/mol. The Kier molecular flexibility index (Phi) is 4.25. The number of aliphatic hydroxyl groups excluding tert-OH is 1. The van der Waals surface area contributed by atoms with Gasteiger partial charge in [0.25, 0.3) is 0 Å². The maximum atomic E-state index is 9.70. The minimum atomic E-state index is -0.578. The zero-order chi connectivity index (χ0) is 15.0. The highest BCUT2D eigenvalue weighted by Gasteiger charge is 2.52. The van der Waals surface area contributed by atoms with Crippen molar-refractivity contribution in [1.82, 2.24) is 9.78 Å². The summed E-state index contributed by atoms with van der Waals surface area (Å²) in [6, 6.07) is 0. The molecule has 20 heavy (non-hydrogen) atoms. The van der Waals surface area contributed by atoms with Crippen molar-refractivity contribution in [3.63, 3.8) is 0 Å². The Labute approximate surface area is 120 Å². The number of rotatable bonds is 5. The molecule has 1 atom stereocenters. The Balaban J connectivity index is 2.03. The zero-order valence-corrected chi connectivity index (χ0v) is 12.8. The molecule has 7 heteroatoms. The van der Waals surface area contributed by atoms with E-state index in [9.17, 15) is 5.11 Å². The number of ether oxygens (including phenoxy) is 1. The summed E-state index contributed by atoms with van der Waals surface area (Å²) in [5.74, 6) is 0. The third-order valence-corrected chi connectivity index (χ3v) is 3.94. The van der Waals surface area contributed by atoms with Crippen molar-refractivity contribution in [3.8, 4) is 0 Å². The van der Waals surface area contributed by atoms with Gasteiger partial charge in [0.1, 0.15) is 0 Å². The maximum Gasteiger partial charge on any atom is 0.498 e. The molecular formula is C13H23BN2O4. The molecule has 6 nitrogen and oxygen atoms in total. The Morgan fingerprint density at radius 3 is 2.50 bits per heavy atom. The Bertz CT molecular complexity index is 445. The van der Waals surface area contributed by atoms with E-state index in [2.05, 4.69) is 5.10 Å². The fourth-order valence-corrected chi connectivity index (χ4v) is 2.04. The minimum absolute atomic E-state index is 0.283. The lowest BCUT2D eigenvalue weighted by molar-refractivity contribution is 0.00578. The zero-order valence-electron chi connectivity index (χ0n) is 12.8. The van der Waals surface area contributed by atoms with E-state index >= 15 is 0 Å². The molecule has 0 unspecified atom stereocenters. The van der Waals surface area contributed by atoms with Crippen LogP contribution in [0, 0.1) is 0 Å². The molecule has 2 rings (SSSR count).